The van der Waals surface area contributed by atoms with Gasteiger partial charge in [0.05, 0.1) is 11.9 Å². The molecule has 0 aliphatic carbocycles. The molecule has 0 aliphatic heterocycles. The van der Waals surface area contributed by atoms with Gasteiger partial charge in [0.2, 0.25) is 0 Å². The van der Waals surface area contributed by atoms with E-state index < -0.39 is 0 Å². The molecule has 8 heteroatoms. The van der Waals surface area contributed by atoms with Crippen molar-refractivity contribution >= 4 is 21.6 Å². The van der Waals surface area contributed by atoms with Crippen molar-refractivity contribution < 1.29 is 0 Å². The van der Waals surface area contributed by atoms with Crippen molar-refractivity contribution in [2.75, 3.05) is 11.9 Å². The van der Waals surface area contributed by atoms with E-state index in [0.29, 0.717) is 35.6 Å². The lowest BCUT2D eigenvalue weighted by Gasteiger charge is -2.11. The summed E-state index contributed by atoms with van der Waals surface area (Å²) in [5.74, 6) is 1.17. The molecule has 2 heterocycles. The fourth-order valence-electron chi connectivity index (χ4n) is 1.73. The third-order valence-electron chi connectivity index (χ3n) is 2.67. The molecule has 0 atom stereocenters. The van der Waals surface area contributed by atoms with Gasteiger partial charge in [0.15, 0.2) is 0 Å². The topological polar surface area (TPSA) is 88.5 Å². The minimum Gasteiger partial charge on any atom is -0.382 e. The van der Waals surface area contributed by atoms with E-state index in [4.69, 9.17) is 0 Å². The quantitative estimate of drug-likeness (QED) is 0.830. The number of nitrogens with zero attached hydrogens (tertiary/aromatic N) is 4. The molecule has 0 unspecified atom stereocenters. The maximum atomic E-state index is 12.1. The third-order valence-corrected chi connectivity index (χ3v) is 3.43. The highest BCUT2D eigenvalue weighted by atomic mass is 79.9. The second-order valence-electron chi connectivity index (χ2n) is 4.86. The van der Waals surface area contributed by atoms with E-state index in [1.54, 1.807) is 6.20 Å². The normalized spacial score (nSPS) is 11.0. The van der Waals surface area contributed by atoms with Crippen molar-refractivity contribution in [3.05, 3.63) is 33.2 Å². The summed E-state index contributed by atoms with van der Waals surface area (Å²) in [6, 6.07) is 0. The van der Waals surface area contributed by atoms with Gasteiger partial charge in [-0.15, -0.1) is 0 Å². The molecule has 2 aromatic heterocycles. The first-order chi connectivity index (χ1) is 9.58. The Balaban J connectivity index is 2.02. The van der Waals surface area contributed by atoms with Crippen LogP contribution in [0.4, 0.5) is 5.69 Å². The maximum Gasteiger partial charge on any atom is 0.283 e. The number of anilines is 1. The van der Waals surface area contributed by atoms with Gasteiger partial charge in [-0.25, -0.2) is 9.67 Å². The second kappa shape index (κ2) is 6.65. The van der Waals surface area contributed by atoms with Crippen LogP contribution in [0, 0.1) is 5.92 Å². The van der Waals surface area contributed by atoms with E-state index in [0.717, 1.165) is 5.82 Å². The SMILES string of the molecule is CC(C)Cn1ncc(NCCc2ncn[nH]2)c(Br)c1=O. The van der Waals surface area contributed by atoms with Gasteiger partial charge in [-0.1, -0.05) is 13.8 Å². The Hall–Kier alpha value is -1.70. The van der Waals surface area contributed by atoms with Crippen molar-refractivity contribution in [1.82, 2.24) is 25.0 Å². The summed E-state index contributed by atoms with van der Waals surface area (Å²) in [4.78, 5) is 16.1. The predicted molar refractivity (Wildman–Crippen MR) is 79.6 cm³/mol. The molecule has 2 aromatic rings. The smallest absolute Gasteiger partial charge is 0.283 e. The molecule has 0 spiro atoms. The first-order valence-corrected chi connectivity index (χ1v) is 7.21. The van der Waals surface area contributed by atoms with Crippen LogP contribution in [0.1, 0.15) is 19.7 Å². The fraction of sp³-hybridized carbons (Fsp3) is 0.500. The minimum absolute atomic E-state index is 0.122. The zero-order valence-electron chi connectivity index (χ0n) is 11.4. The van der Waals surface area contributed by atoms with Gasteiger partial charge in [0, 0.05) is 19.5 Å². The van der Waals surface area contributed by atoms with Crippen molar-refractivity contribution in [3.8, 4) is 0 Å². The molecule has 0 aromatic carbocycles. The number of aromatic nitrogens is 5. The number of hydrogen-bond acceptors (Lipinski definition) is 5. The highest BCUT2D eigenvalue weighted by Crippen LogP contribution is 2.16. The third kappa shape index (κ3) is 3.66. The zero-order valence-corrected chi connectivity index (χ0v) is 13.0. The number of hydrogen-bond donors (Lipinski definition) is 2. The number of H-pyrrole nitrogens is 1. The summed E-state index contributed by atoms with van der Waals surface area (Å²) in [7, 11) is 0. The average molecular weight is 341 g/mol. The monoisotopic (exact) mass is 340 g/mol. The van der Waals surface area contributed by atoms with E-state index in [2.05, 4.69) is 41.5 Å². The first kappa shape index (κ1) is 14.7. The van der Waals surface area contributed by atoms with Crippen LogP contribution in [0.3, 0.4) is 0 Å². The number of rotatable bonds is 6. The number of halogens is 1. The molecule has 108 valence electrons. The van der Waals surface area contributed by atoms with Crippen LogP contribution in [-0.4, -0.2) is 31.5 Å². The summed E-state index contributed by atoms with van der Waals surface area (Å²) in [5, 5.41) is 13.9. The number of aromatic amines is 1. The molecule has 0 aliphatic rings. The standard InChI is InChI=1S/C12H17BrN6O/c1-8(2)6-19-12(20)11(13)9(5-17-19)14-4-3-10-15-7-16-18-10/h5,7-8,14H,3-4,6H2,1-2H3,(H,15,16,18). The Bertz CT molecular complexity index is 607. The van der Waals surface area contributed by atoms with Crippen LogP contribution in [-0.2, 0) is 13.0 Å². The molecule has 0 radical (unpaired) electrons. The molecule has 0 amide bonds. The van der Waals surface area contributed by atoms with Gasteiger partial charge < -0.3 is 5.32 Å². The predicted octanol–water partition coefficient (Wildman–Crippen LogP) is 1.43. The summed E-state index contributed by atoms with van der Waals surface area (Å²) >= 11 is 3.33. The second-order valence-corrected chi connectivity index (χ2v) is 5.66. The zero-order chi connectivity index (χ0) is 14.5. The first-order valence-electron chi connectivity index (χ1n) is 6.41. The Kier molecular flexibility index (Phi) is 4.89. The molecule has 7 nitrogen and oxygen atoms in total. The van der Waals surface area contributed by atoms with Crippen LogP contribution in [0.25, 0.3) is 0 Å². The van der Waals surface area contributed by atoms with Crippen molar-refractivity contribution in [2.45, 2.75) is 26.8 Å². The number of nitrogens with one attached hydrogen (secondary N) is 2. The Labute approximate surface area is 124 Å². The highest BCUT2D eigenvalue weighted by molar-refractivity contribution is 9.10. The Morgan fingerprint density at radius 3 is 2.95 bits per heavy atom. The highest BCUT2D eigenvalue weighted by Gasteiger charge is 2.09. The molecule has 0 bridgehead atoms. The van der Waals surface area contributed by atoms with Crippen molar-refractivity contribution in [1.29, 1.82) is 0 Å². The van der Waals surface area contributed by atoms with Crippen LogP contribution in [0.5, 0.6) is 0 Å². The van der Waals surface area contributed by atoms with Gasteiger partial charge >= 0.3 is 0 Å². The molecule has 2 rings (SSSR count). The molecular formula is C12H17BrN6O. The lowest BCUT2D eigenvalue weighted by Crippen LogP contribution is -2.26. The molecular weight excluding hydrogens is 324 g/mol. The van der Waals surface area contributed by atoms with Gasteiger partial charge in [-0.05, 0) is 21.8 Å². The lowest BCUT2D eigenvalue weighted by atomic mass is 10.2. The summed E-state index contributed by atoms with van der Waals surface area (Å²) in [6.07, 6.45) is 3.83. The van der Waals surface area contributed by atoms with E-state index in [1.807, 2.05) is 13.8 Å². The summed E-state index contributed by atoms with van der Waals surface area (Å²) in [6.45, 7) is 5.34. The van der Waals surface area contributed by atoms with Gasteiger partial charge in [0.25, 0.3) is 5.56 Å². The van der Waals surface area contributed by atoms with Gasteiger partial charge in [0.1, 0.15) is 16.6 Å². The molecule has 0 saturated carbocycles. The molecule has 0 fully saturated rings. The summed E-state index contributed by atoms with van der Waals surface area (Å²) in [5.41, 5.74) is 0.567. The molecule has 0 saturated heterocycles. The Morgan fingerprint density at radius 2 is 2.30 bits per heavy atom. The van der Waals surface area contributed by atoms with Gasteiger partial charge in [-0.2, -0.15) is 10.2 Å². The summed E-state index contributed by atoms with van der Waals surface area (Å²) < 4.78 is 1.97. The fourth-order valence-corrected chi connectivity index (χ4v) is 2.18. The average Bonchev–Trinajstić information content (AvgIpc) is 2.90. The van der Waals surface area contributed by atoms with E-state index in [-0.39, 0.29) is 5.56 Å². The minimum atomic E-state index is -0.122. The van der Waals surface area contributed by atoms with Crippen molar-refractivity contribution in [2.24, 2.45) is 5.92 Å². The van der Waals surface area contributed by atoms with Crippen molar-refractivity contribution in [3.63, 3.8) is 0 Å². The van der Waals surface area contributed by atoms with Crippen LogP contribution >= 0.6 is 15.9 Å². The van der Waals surface area contributed by atoms with Gasteiger partial charge in [-0.3, -0.25) is 9.89 Å². The van der Waals surface area contributed by atoms with E-state index >= 15 is 0 Å². The van der Waals surface area contributed by atoms with Crippen LogP contribution < -0.4 is 10.9 Å². The van der Waals surface area contributed by atoms with Crippen LogP contribution in [0.15, 0.2) is 21.8 Å². The molecule has 2 N–H and O–H groups in total. The van der Waals surface area contributed by atoms with E-state index in [9.17, 15) is 4.79 Å². The maximum absolute atomic E-state index is 12.1. The molecule has 20 heavy (non-hydrogen) atoms. The lowest BCUT2D eigenvalue weighted by molar-refractivity contribution is 0.462. The van der Waals surface area contributed by atoms with Crippen LogP contribution in [0.2, 0.25) is 0 Å². The Morgan fingerprint density at radius 1 is 1.50 bits per heavy atom. The van der Waals surface area contributed by atoms with E-state index in [1.165, 1.54) is 11.0 Å². The largest absolute Gasteiger partial charge is 0.382 e.